The molecule has 0 heterocycles. The average Bonchev–Trinajstić information content (AvgIpc) is 3.19. The van der Waals surface area contributed by atoms with Crippen molar-refractivity contribution in [3.05, 3.63) is 108 Å². The third-order valence-electron chi connectivity index (χ3n) is 5.99. The van der Waals surface area contributed by atoms with Crippen LogP contribution in [0.4, 0.5) is 0 Å². The molecule has 0 amide bonds. The van der Waals surface area contributed by atoms with Gasteiger partial charge in [-0.1, -0.05) is 135 Å². The summed E-state index contributed by atoms with van der Waals surface area (Å²) in [5.41, 5.74) is 5.90. The predicted octanol–water partition coefficient (Wildman–Crippen LogP) is 9.40. The van der Waals surface area contributed by atoms with Crippen LogP contribution in [0.3, 0.4) is 0 Å². The van der Waals surface area contributed by atoms with E-state index >= 15 is 0 Å². The Morgan fingerprint density at radius 3 is 1.29 bits per heavy atom. The van der Waals surface area contributed by atoms with Crippen LogP contribution in [0, 0.1) is 19.3 Å². The molecule has 160 valence electrons. The monoisotopic (exact) mass is 408 g/mol. The molecule has 0 aliphatic heterocycles. The van der Waals surface area contributed by atoms with Crippen molar-refractivity contribution < 1.29 is 0 Å². The maximum absolute atomic E-state index is 2.36. The van der Waals surface area contributed by atoms with E-state index in [1.165, 1.54) is 58.7 Å². The molecule has 1 aliphatic rings. The molecule has 0 aromatic heterocycles. The lowest BCUT2D eigenvalue weighted by atomic mass is 9.92. The largest absolute Gasteiger partial charge is 0.0622 e. The molecule has 31 heavy (non-hydrogen) atoms. The van der Waals surface area contributed by atoms with E-state index in [0.717, 1.165) is 0 Å². The minimum absolute atomic E-state index is 0.694. The zero-order valence-corrected chi connectivity index (χ0v) is 19.6. The molecule has 0 saturated heterocycles. The first-order valence-corrected chi connectivity index (χ1v) is 11.5. The van der Waals surface area contributed by atoms with Crippen molar-refractivity contribution in [3.63, 3.8) is 0 Å². The van der Waals surface area contributed by atoms with Gasteiger partial charge in [0.15, 0.2) is 0 Å². The van der Waals surface area contributed by atoms with Crippen LogP contribution in [0.15, 0.2) is 97.1 Å². The van der Waals surface area contributed by atoms with Crippen molar-refractivity contribution in [3.8, 4) is 11.1 Å². The molecule has 0 N–H and O–H groups in total. The Labute approximate surface area is 189 Å². The van der Waals surface area contributed by atoms with Gasteiger partial charge in [-0.2, -0.15) is 0 Å². The number of benzene rings is 4. The fraction of sp³-hybridized carbons (Fsp3) is 0.290. The van der Waals surface area contributed by atoms with Crippen molar-refractivity contribution in [2.24, 2.45) is 5.41 Å². The van der Waals surface area contributed by atoms with Gasteiger partial charge in [0.25, 0.3) is 0 Å². The number of hydrogen-bond acceptors (Lipinski definition) is 0. The molecular formula is C31H36. The summed E-state index contributed by atoms with van der Waals surface area (Å²) in [7, 11) is 0. The molecule has 0 radical (unpaired) electrons. The van der Waals surface area contributed by atoms with E-state index in [4.69, 9.17) is 0 Å². The molecular weight excluding hydrogens is 372 g/mol. The zero-order chi connectivity index (χ0) is 22.1. The maximum atomic E-state index is 2.36. The summed E-state index contributed by atoms with van der Waals surface area (Å²) in [6, 6.07) is 33.9. The second kappa shape index (κ2) is 11.0. The molecule has 1 aliphatic carbocycles. The van der Waals surface area contributed by atoms with Crippen molar-refractivity contribution in [1.29, 1.82) is 0 Å². The normalized spacial score (nSPS) is 14.2. The van der Waals surface area contributed by atoms with Gasteiger partial charge < -0.3 is 0 Å². The second-order valence-corrected chi connectivity index (χ2v) is 9.46. The molecule has 0 nitrogen and oxygen atoms in total. The topological polar surface area (TPSA) is 0 Å². The Balaban J connectivity index is 0.000000137. The fourth-order valence-electron chi connectivity index (χ4n) is 4.08. The van der Waals surface area contributed by atoms with Crippen LogP contribution in [0.2, 0.25) is 0 Å². The number of fused-ring (bicyclic) bond motifs is 1. The van der Waals surface area contributed by atoms with Gasteiger partial charge in [-0.05, 0) is 54.0 Å². The van der Waals surface area contributed by atoms with Crippen LogP contribution >= 0.6 is 0 Å². The van der Waals surface area contributed by atoms with Crippen molar-refractivity contribution in [1.82, 2.24) is 0 Å². The van der Waals surface area contributed by atoms with Gasteiger partial charge in [-0.25, -0.2) is 0 Å². The Hall–Kier alpha value is -2.86. The number of aryl methyl sites for hydroxylation is 2. The van der Waals surface area contributed by atoms with Crippen LogP contribution in [0.25, 0.3) is 21.9 Å². The van der Waals surface area contributed by atoms with Gasteiger partial charge in [0.2, 0.25) is 0 Å². The van der Waals surface area contributed by atoms with Crippen LogP contribution in [0.5, 0.6) is 0 Å². The Morgan fingerprint density at radius 2 is 0.935 bits per heavy atom. The highest BCUT2D eigenvalue weighted by molar-refractivity contribution is 5.83. The predicted molar refractivity (Wildman–Crippen MR) is 138 cm³/mol. The summed E-state index contributed by atoms with van der Waals surface area (Å²) in [4.78, 5) is 0. The molecule has 4 aromatic carbocycles. The molecule has 0 unspecified atom stereocenters. The molecule has 0 bridgehead atoms. The lowest BCUT2D eigenvalue weighted by Crippen LogP contribution is -2.01. The van der Waals surface area contributed by atoms with E-state index in [2.05, 4.69) is 113 Å². The SMILES string of the molecule is CC1(C)CCCC1.Cc1ccc2ccc(C)cc2c1.c1ccc(-c2ccccc2)cc1. The standard InChI is InChI=1S/C12H12.C12H10.C7H14/c1-9-3-5-11-6-4-10(2)8-12(11)7-9;1-3-7-11(8-4-1)12-9-5-2-6-10-12;1-7(2)5-3-4-6-7/h3-8H,1-2H3;1-10H;3-6H2,1-2H3. The van der Waals surface area contributed by atoms with Crippen LogP contribution in [-0.2, 0) is 0 Å². The molecule has 0 atom stereocenters. The first kappa shape index (κ1) is 22.8. The van der Waals surface area contributed by atoms with E-state index in [0.29, 0.717) is 5.41 Å². The van der Waals surface area contributed by atoms with Gasteiger partial charge >= 0.3 is 0 Å². The fourth-order valence-corrected chi connectivity index (χ4v) is 4.08. The molecule has 0 spiro atoms. The maximum Gasteiger partial charge on any atom is -0.0179 e. The van der Waals surface area contributed by atoms with Crippen LogP contribution < -0.4 is 0 Å². The molecule has 1 fully saturated rings. The van der Waals surface area contributed by atoms with Crippen LogP contribution in [0.1, 0.15) is 50.7 Å². The minimum Gasteiger partial charge on any atom is -0.0622 e. The summed E-state index contributed by atoms with van der Waals surface area (Å²) in [5, 5.41) is 2.67. The third kappa shape index (κ3) is 7.40. The Bertz CT molecular complexity index is 977. The lowest BCUT2D eigenvalue weighted by Gasteiger charge is -2.13. The average molecular weight is 409 g/mol. The summed E-state index contributed by atoms with van der Waals surface area (Å²) in [6.07, 6.45) is 5.83. The quantitative estimate of drug-likeness (QED) is 0.294. The highest BCUT2D eigenvalue weighted by atomic mass is 14.3. The first-order chi connectivity index (χ1) is 14.9. The van der Waals surface area contributed by atoms with E-state index < -0.39 is 0 Å². The summed E-state index contributed by atoms with van der Waals surface area (Å²) in [6.45, 7) is 8.98. The van der Waals surface area contributed by atoms with Gasteiger partial charge in [0.1, 0.15) is 0 Å². The van der Waals surface area contributed by atoms with Gasteiger partial charge in [0.05, 0.1) is 0 Å². The summed E-state index contributed by atoms with van der Waals surface area (Å²) >= 11 is 0. The van der Waals surface area contributed by atoms with E-state index in [1.807, 2.05) is 12.1 Å². The van der Waals surface area contributed by atoms with Crippen molar-refractivity contribution in [2.45, 2.75) is 53.4 Å². The Kier molecular flexibility index (Phi) is 8.06. The minimum atomic E-state index is 0.694. The molecule has 4 aromatic rings. The third-order valence-corrected chi connectivity index (χ3v) is 5.99. The lowest BCUT2D eigenvalue weighted by molar-refractivity contribution is 0.382. The van der Waals surface area contributed by atoms with Crippen molar-refractivity contribution >= 4 is 10.8 Å². The van der Waals surface area contributed by atoms with Gasteiger partial charge in [-0.3, -0.25) is 0 Å². The molecule has 5 rings (SSSR count). The zero-order valence-electron chi connectivity index (χ0n) is 19.6. The summed E-state index contributed by atoms with van der Waals surface area (Å²) in [5.74, 6) is 0. The van der Waals surface area contributed by atoms with Crippen molar-refractivity contribution in [2.75, 3.05) is 0 Å². The number of rotatable bonds is 1. The van der Waals surface area contributed by atoms with E-state index in [9.17, 15) is 0 Å². The van der Waals surface area contributed by atoms with E-state index in [-0.39, 0.29) is 0 Å². The van der Waals surface area contributed by atoms with Gasteiger partial charge in [0, 0.05) is 0 Å². The second-order valence-electron chi connectivity index (χ2n) is 9.46. The highest BCUT2D eigenvalue weighted by Crippen LogP contribution is 2.36. The van der Waals surface area contributed by atoms with E-state index in [1.54, 1.807) is 0 Å². The molecule has 0 heteroatoms. The Morgan fingerprint density at radius 1 is 0.516 bits per heavy atom. The number of hydrogen-bond donors (Lipinski definition) is 0. The van der Waals surface area contributed by atoms with Gasteiger partial charge in [-0.15, -0.1) is 0 Å². The molecule has 1 saturated carbocycles. The highest BCUT2D eigenvalue weighted by Gasteiger charge is 2.21. The summed E-state index contributed by atoms with van der Waals surface area (Å²) < 4.78 is 0. The smallest absolute Gasteiger partial charge is 0.0179 e. The van der Waals surface area contributed by atoms with Crippen LogP contribution in [-0.4, -0.2) is 0 Å². The first-order valence-electron chi connectivity index (χ1n) is 11.5.